The Morgan fingerprint density at radius 2 is 2.14 bits per heavy atom. The van der Waals surface area contributed by atoms with Crippen molar-refractivity contribution in [2.45, 2.75) is 20.4 Å². The fraction of sp³-hybridized carbons (Fsp3) is 0.556. The summed E-state index contributed by atoms with van der Waals surface area (Å²) in [6.45, 7) is 5.89. The minimum absolute atomic E-state index is 0.149. The molecule has 3 N–H and O–H groups in total. The molecule has 0 fully saturated rings. The molecule has 1 rings (SSSR count). The van der Waals surface area contributed by atoms with E-state index in [1.807, 2.05) is 18.7 Å². The summed E-state index contributed by atoms with van der Waals surface area (Å²) in [5.41, 5.74) is 5.73. The van der Waals surface area contributed by atoms with E-state index in [0.717, 1.165) is 13.1 Å². The van der Waals surface area contributed by atoms with E-state index in [1.54, 1.807) is 0 Å². The molecule has 78 valence electrons. The molecule has 0 aliphatic carbocycles. The Balaban J connectivity index is 3.01. The highest BCUT2D eigenvalue weighted by Gasteiger charge is 2.05. The number of aromatic nitrogens is 2. The Hall–Kier alpha value is -1.36. The predicted molar refractivity (Wildman–Crippen MR) is 56.3 cm³/mol. The molecule has 0 bridgehead atoms. The highest BCUT2D eigenvalue weighted by atomic mass is 16.1. The van der Waals surface area contributed by atoms with Crippen LogP contribution in [0.4, 0.5) is 5.95 Å². The topological polar surface area (TPSA) is 75.0 Å². The van der Waals surface area contributed by atoms with Gasteiger partial charge in [-0.3, -0.25) is 9.78 Å². The van der Waals surface area contributed by atoms with Gasteiger partial charge in [-0.2, -0.15) is 0 Å². The van der Waals surface area contributed by atoms with Crippen molar-refractivity contribution in [3.8, 4) is 0 Å². The molecule has 0 amide bonds. The van der Waals surface area contributed by atoms with Crippen LogP contribution in [0.3, 0.4) is 0 Å². The van der Waals surface area contributed by atoms with Crippen LogP contribution in [-0.2, 0) is 6.54 Å². The summed E-state index contributed by atoms with van der Waals surface area (Å²) < 4.78 is 0. The molecule has 5 nitrogen and oxygen atoms in total. The Bertz CT molecular complexity index is 343. The highest BCUT2D eigenvalue weighted by Crippen LogP contribution is 2.02. The number of aromatic amines is 1. The number of nitrogens with one attached hydrogen (secondary N) is 1. The number of nitrogens with zero attached hydrogens (tertiary/aromatic N) is 2. The number of nitrogens with two attached hydrogens (primary N) is 1. The third-order valence-electron chi connectivity index (χ3n) is 2.14. The number of anilines is 1. The van der Waals surface area contributed by atoms with E-state index in [9.17, 15) is 4.79 Å². The van der Waals surface area contributed by atoms with Gasteiger partial charge in [-0.25, -0.2) is 4.98 Å². The summed E-state index contributed by atoms with van der Waals surface area (Å²) in [5, 5.41) is 0. The molecule has 5 heteroatoms. The van der Waals surface area contributed by atoms with Gasteiger partial charge in [0.25, 0.3) is 5.56 Å². The highest BCUT2D eigenvalue weighted by molar-refractivity contribution is 5.29. The second kappa shape index (κ2) is 4.76. The maximum Gasteiger partial charge on any atom is 0.256 e. The summed E-state index contributed by atoms with van der Waals surface area (Å²) in [7, 11) is 0. The quantitative estimate of drug-likeness (QED) is 0.715. The lowest BCUT2D eigenvalue weighted by atomic mass is 10.3. The van der Waals surface area contributed by atoms with Crippen LogP contribution in [0.2, 0.25) is 0 Å². The van der Waals surface area contributed by atoms with E-state index in [2.05, 4.69) is 9.97 Å². The van der Waals surface area contributed by atoms with Crippen LogP contribution in [0, 0.1) is 0 Å². The molecule has 1 heterocycles. The zero-order chi connectivity index (χ0) is 10.6. The lowest BCUT2D eigenvalue weighted by Gasteiger charge is -2.18. The Morgan fingerprint density at radius 1 is 1.50 bits per heavy atom. The molecule has 0 saturated carbocycles. The maximum absolute atomic E-state index is 11.4. The predicted octanol–water partition coefficient (Wildman–Crippen LogP) is 0.0748. The van der Waals surface area contributed by atoms with Crippen molar-refractivity contribution in [2.75, 3.05) is 18.0 Å². The largest absolute Gasteiger partial charge is 0.343 e. The summed E-state index contributed by atoms with van der Waals surface area (Å²) in [6, 6.07) is 0. The van der Waals surface area contributed by atoms with Gasteiger partial charge in [-0.05, 0) is 13.8 Å². The van der Waals surface area contributed by atoms with Crippen molar-refractivity contribution < 1.29 is 0 Å². The zero-order valence-corrected chi connectivity index (χ0v) is 8.58. The molecule has 14 heavy (non-hydrogen) atoms. The van der Waals surface area contributed by atoms with E-state index < -0.39 is 0 Å². The van der Waals surface area contributed by atoms with Crippen LogP contribution >= 0.6 is 0 Å². The third kappa shape index (κ3) is 2.11. The van der Waals surface area contributed by atoms with Gasteiger partial charge in [0, 0.05) is 31.4 Å². The second-order valence-electron chi connectivity index (χ2n) is 2.94. The van der Waals surface area contributed by atoms with Gasteiger partial charge in [-0.15, -0.1) is 0 Å². The molecule has 0 aromatic carbocycles. The summed E-state index contributed by atoms with van der Waals surface area (Å²) in [6.07, 6.45) is 1.53. The fourth-order valence-corrected chi connectivity index (χ4v) is 1.24. The van der Waals surface area contributed by atoms with Gasteiger partial charge in [0.15, 0.2) is 0 Å². The van der Waals surface area contributed by atoms with Gasteiger partial charge in [-0.1, -0.05) is 0 Å². The van der Waals surface area contributed by atoms with E-state index in [1.165, 1.54) is 6.20 Å². The third-order valence-corrected chi connectivity index (χ3v) is 2.14. The van der Waals surface area contributed by atoms with Crippen molar-refractivity contribution in [1.82, 2.24) is 9.97 Å². The molecular formula is C9H16N4O. The first-order valence-corrected chi connectivity index (χ1v) is 4.76. The monoisotopic (exact) mass is 196 g/mol. The van der Waals surface area contributed by atoms with Gasteiger partial charge in [0.1, 0.15) is 0 Å². The molecule has 0 aliphatic rings. The van der Waals surface area contributed by atoms with E-state index in [4.69, 9.17) is 5.73 Å². The van der Waals surface area contributed by atoms with Crippen LogP contribution < -0.4 is 16.2 Å². The van der Waals surface area contributed by atoms with Crippen molar-refractivity contribution >= 4 is 5.95 Å². The van der Waals surface area contributed by atoms with Crippen molar-refractivity contribution in [3.05, 3.63) is 22.1 Å². The van der Waals surface area contributed by atoms with Gasteiger partial charge in [0.2, 0.25) is 5.95 Å². The average Bonchev–Trinajstić information content (AvgIpc) is 2.20. The van der Waals surface area contributed by atoms with Gasteiger partial charge in [0.05, 0.1) is 0 Å². The summed E-state index contributed by atoms with van der Waals surface area (Å²) in [4.78, 5) is 20.2. The number of H-pyrrole nitrogens is 1. The van der Waals surface area contributed by atoms with Crippen LogP contribution in [0.25, 0.3) is 0 Å². The van der Waals surface area contributed by atoms with Crippen LogP contribution in [0.1, 0.15) is 19.4 Å². The molecule has 1 aromatic rings. The van der Waals surface area contributed by atoms with E-state index in [-0.39, 0.29) is 12.1 Å². The minimum atomic E-state index is -0.149. The van der Waals surface area contributed by atoms with E-state index >= 15 is 0 Å². The first kappa shape index (κ1) is 10.7. The minimum Gasteiger partial charge on any atom is -0.343 e. The normalized spacial score (nSPS) is 10.2. The number of rotatable bonds is 4. The van der Waals surface area contributed by atoms with Crippen LogP contribution in [0.5, 0.6) is 0 Å². The smallest absolute Gasteiger partial charge is 0.256 e. The Kier molecular flexibility index (Phi) is 3.64. The molecule has 0 saturated heterocycles. The molecule has 0 aliphatic heterocycles. The summed E-state index contributed by atoms with van der Waals surface area (Å²) >= 11 is 0. The maximum atomic E-state index is 11.4. The van der Waals surface area contributed by atoms with Crippen LogP contribution in [-0.4, -0.2) is 23.1 Å². The van der Waals surface area contributed by atoms with Gasteiger partial charge >= 0.3 is 0 Å². The van der Waals surface area contributed by atoms with E-state index in [0.29, 0.717) is 11.5 Å². The second-order valence-corrected chi connectivity index (χ2v) is 2.94. The lowest BCUT2D eigenvalue weighted by Crippen LogP contribution is -2.28. The van der Waals surface area contributed by atoms with Crippen molar-refractivity contribution in [1.29, 1.82) is 0 Å². The van der Waals surface area contributed by atoms with Crippen molar-refractivity contribution in [2.24, 2.45) is 5.73 Å². The Labute approximate surface area is 83.0 Å². The number of hydrogen-bond acceptors (Lipinski definition) is 4. The first-order valence-electron chi connectivity index (χ1n) is 4.76. The molecule has 0 atom stereocenters. The average molecular weight is 196 g/mol. The molecule has 1 aromatic heterocycles. The molecular weight excluding hydrogens is 180 g/mol. The molecule has 0 unspecified atom stereocenters. The Morgan fingerprint density at radius 3 is 2.57 bits per heavy atom. The zero-order valence-electron chi connectivity index (χ0n) is 8.58. The lowest BCUT2D eigenvalue weighted by molar-refractivity contribution is 0.809. The SMILES string of the molecule is CCN(CC)c1ncc(CN)c(=O)[nH]1. The fourth-order valence-electron chi connectivity index (χ4n) is 1.24. The standard InChI is InChI=1S/C9H16N4O/c1-3-13(4-2)9-11-6-7(5-10)8(14)12-9/h6H,3-5,10H2,1-2H3,(H,11,12,14). The van der Waals surface area contributed by atoms with Crippen LogP contribution in [0.15, 0.2) is 11.0 Å². The van der Waals surface area contributed by atoms with Crippen molar-refractivity contribution in [3.63, 3.8) is 0 Å². The molecule has 0 radical (unpaired) electrons. The van der Waals surface area contributed by atoms with Gasteiger partial charge < -0.3 is 10.6 Å². The first-order chi connectivity index (χ1) is 6.72. The summed E-state index contributed by atoms with van der Waals surface area (Å²) in [5.74, 6) is 0.609. The molecule has 0 spiro atoms. The number of hydrogen-bond donors (Lipinski definition) is 2.